The van der Waals surface area contributed by atoms with E-state index in [0.29, 0.717) is 13.0 Å². The lowest BCUT2D eigenvalue weighted by atomic mass is 9.94. The summed E-state index contributed by atoms with van der Waals surface area (Å²) < 4.78 is 0. The lowest BCUT2D eigenvalue weighted by Gasteiger charge is -2.45. The smallest absolute Gasteiger partial charge is 0.321 e. The van der Waals surface area contributed by atoms with Gasteiger partial charge in [-0.15, -0.1) is 0 Å². The number of nitrogens with one attached hydrogen (secondary N) is 1. The van der Waals surface area contributed by atoms with E-state index >= 15 is 0 Å². The van der Waals surface area contributed by atoms with Gasteiger partial charge in [0.25, 0.3) is 0 Å². The molecular weight excluding hydrogens is 280 g/mol. The molecule has 1 aromatic rings. The number of H-pyrrole nitrogens is 1. The van der Waals surface area contributed by atoms with Gasteiger partial charge in [-0.2, -0.15) is 0 Å². The van der Waals surface area contributed by atoms with E-state index in [1.165, 1.54) is 19.3 Å². The molecule has 1 atom stereocenters. The van der Waals surface area contributed by atoms with E-state index in [4.69, 9.17) is 0 Å². The van der Waals surface area contributed by atoms with Crippen molar-refractivity contribution in [1.82, 2.24) is 19.8 Å². The SMILES string of the molecule is CC(C)(CN1Cc2[nH]cnc2CC1C(=O)O)N1CCCCC1. The van der Waals surface area contributed by atoms with Gasteiger partial charge in [-0.05, 0) is 39.8 Å². The molecular formula is C16H26N4O2. The number of carboxylic acids is 1. The van der Waals surface area contributed by atoms with Crippen LogP contribution in [0.2, 0.25) is 0 Å². The van der Waals surface area contributed by atoms with Crippen LogP contribution in [0, 0.1) is 0 Å². The lowest BCUT2D eigenvalue weighted by molar-refractivity contribution is -0.144. The fraction of sp³-hybridized carbons (Fsp3) is 0.750. The molecule has 0 bridgehead atoms. The van der Waals surface area contributed by atoms with Gasteiger partial charge in [-0.3, -0.25) is 14.6 Å². The first kappa shape index (κ1) is 15.5. The normalized spacial score (nSPS) is 24.2. The molecule has 0 aromatic carbocycles. The van der Waals surface area contributed by atoms with E-state index in [9.17, 15) is 9.90 Å². The fourth-order valence-electron chi connectivity index (χ4n) is 3.79. The van der Waals surface area contributed by atoms with Gasteiger partial charge in [0, 0.05) is 25.0 Å². The summed E-state index contributed by atoms with van der Waals surface area (Å²) in [6.45, 7) is 8.12. The first-order chi connectivity index (χ1) is 10.5. The molecule has 6 nitrogen and oxygen atoms in total. The number of aliphatic carboxylic acids is 1. The molecule has 3 rings (SSSR count). The van der Waals surface area contributed by atoms with E-state index in [0.717, 1.165) is 31.0 Å². The first-order valence-corrected chi connectivity index (χ1v) is 8.20. The van der Waals surface area contributed by atoms with Crippen LogP contribution in [0.15, 0.2) is 6.33 Å². The second kappa shape index (κ2) is 6.01. The van der Waals surface area contributed by atoms with Crippen LogP contribution in [0.3, 0.4) is 0 Å². The van der Waals surface area contributed by atoms with Crippen molar-refractivity contribution in [2.45, 2.75) is 57.7 Å². The van der Waals surface area contributed by atoms with Crippen molar-refractivity contribution in [3.63, 3.8) is 0 Å². The Morgan fingerprint density at radius 3 is 2.82 bits per heavy atom. The van der Waals surface area contributed by atoms with Crippen LogP contribution in [-0.4, -0.2) is 62.1 Å². The molecule has 0 saturated carbocycles. The molecule has 0 radical (unpaired) electrons. The van der Waals surface area contributed by atoms with Crippen molar-refractivity contribution in [1.29, 1.82) is 0 Å². The molecule has 6 heteroatoms. The summed E-state index contributed by atoms with van der Waals surface area (Å²) in [6.07, 6.45) is 5.96. The summed E-state index contributed by atoms with van der Waals surface area (Å²) in [5.41, 5.74) is 1.96. The van der Waals surface area contributed by atoms with Crippen LogP contribution in [0.4, 0.5) is 0 Å². The van der Waals surface area contributed by atoms with Gasteiger partial charge in [-0.25, -0.2) is 4.98 Å². The maximum absolute atomic E-state index is 11.7. The number of carbonyl (C=O) groups is 1. The molecule has 1 aromatic heterocycles. The van der Waals surface area contributed by atoms with Gasteiger partial charge in [0.15, 0.2) is 0 Å². The quantitative estimate of drug-likeness (QED) is 0.881. The van der Waals surface area contributed by atoms with E-state index in [2.05, 4.69) is 33.6 Å². The second-order valence-electron chi connectivity index (χ2n) is 7.15. The Kier molecular flexibility index (Phi) is 4.23. The van der Waals surface area contributed by atoms with Crippen molar-refractivity contribution in [2.24, 2.45) is 0 Å². The van der Waals surface area contributed by atoms with Crippen LogP contribution in [-0.2, 0) is 17.8 Å². The van der Waals surface area contributed by atoms with Gasteiger partial charge in [0.1, 0.15) is 6.04 Å². The summed E-state index contributed by atoms with van der Waals surface area (Å²) in [6, 6.07) is -0.472. The van der Waals surface area contributed by atoms with Crippen molar-refractivity contribution in [3.8, 4) is 0 Å². The molecule has 3 heterocycles. The highest BCUT2D eigenvalue weighted by atomic mass is 16.4. The van der Waals surface area contributed by atoms with Crippen LogP contribution < -0.4 is 0 Å². The zero-order chi connectivity index (χ0) is 15.7. The number of piperidine rings is 1. The Morgan fingerprint density at radius 2 is 2.14 bits per heavy atom. The van der Waals surface area contributed by atoms with Gasteiger partial charge >= 0.3 is 5.97 Å². The Balaban J connectivity index is 1.75. The molecule has 122 valence electrons. The molecule has 2 aliphatic rings. The maximum atomic E-state index is 11.7. The Bertz CT molecular complexity index is 534. The van der Waals surface area contributed by atoms with Crippen molar-refractivity contribution in [2.75, 3.05) is 19.6 Å². The third-order valence-corrected chi connectivity index (χ3v) is 5.08. The number of aromatic amines is 1. The van der Waals surface area contributed by atoms with Gasteiger partial charge in [-0.1, -0.05) is 6.42 Å². The summed E-state index contributed by atoms with van der Waals surface area (Å²) in [5, 5.41) is 9.59. The average molecular weight is 306 g/mol. The minimum atomic E-state index is -0.747. The highest BCUT2D eigenvalue weighted by Gasteiger charge is 2.38. The van der Waals surface area contributed by atoms with Crippen molar-refractivity contribution >= 4 is 5.97 Å². The molecule has 0 spiro atoms. The van der Waals surface area contributed by atoms with E-state index < -0.39 is 12.0 Å². The van der Waals surface area contributed by atoms with Gasteiger partial charge < -0.3 is 10.1 Å². The molecule has 2 aliphatic heterocycles. The standard InChI is InChI=1S/C16H26N4O2/c1-16(2,20-6-4-3-5-7-20)10-19-9-13-12(17-11-18-13)8-14(19)15(21)22/h11,14H,3-10H2,1-2H3,(H,17,18)(H,21,22). The number of aromatic nitrogens is 2. The molecule has 1 unspecified atom stereocenters. The van der Waals surface area contributed by atoms with Crippen LogP contribution in [0.5, 0.6) is 0 Å². The van der Waals surface area contributed by atoms with E-state index in [-0.39, 0.29) is 5.54 Å². The highest BCUT2D eigenvalue weighted by molar-refractivity contribution is 5.74. The Labute approximate surface area is 131 Å². The van der Waals surface area contributed by atoms with Crippen LogP contribution >= 0.6 is 0 Å². The largest absolute Gasteiger partial charge is 0.480 e. The fourth-order valence-corrected chi connectivity index (χ4v) is 3.79. The summed E-state index contributed by atoms with van der Waals surface area (Å²) >= 11 is 0. The van der Waals surface area contributed by atoms with Crippen LogP contribution in [0.25, 0.3) is 0 Å². The summed E-state index contributed by atoms with van der Waals surface area (Å²) in [4.78, 5) is 23.7. The highest BCUT2D eigenvalue weighted by Crippen LogP contribution is 2.27. The molecule has 2 N–H and O–H groups in total. The molecule has 0 amide bonds. The number of hydrogen-bond donors (Lipinski definition) is 2. The number of likely N-dealkylation sites (tertiary alicyclic amines) is 1. The zero-order valence-corrected chi connectivity index (χ0v) is 13.5. The van der Waals surface area contributed by atoms with Gasteiger partial charge in [0.05, 0.1) is 17.7 Å². The molecule has 1 saturated heterocycles. The number of imidazole rings is 1. The Morgan fingerprint density at radius 1 is 1.41 bits per heavy atom. The maximum Gasteiger partial charge on any atom is 0.321 e. The topological polar surface area (TPSA) is 72.5 Å². The predicted octanol–water partition coefficient (Wildman–Crippen LogP) is 1.49. The van der Waals surface area contributed by atoms with Crippen molar-refractivity contribution < 1.29 is 9.90 Å². The molecule has 1 fully saturated rings. The number of hydrogen-bond acceptors (Lipinski definition) is 4. The number of fused-ring (bicyclic) bond motifs is 1. The monoisotopic (exact) mass is 306 g/mol. The third kappa shape index (κ3) is 3.03. The summed E-state index contributed by atoms with van der Waals surface area (Å²) in [7, 11) is 0. The first-order valence-electron chi connectivity index (χ1n) is 8.20. The van der Waals surface area contributed by atoms with E-state index in [1.54, 1.807) is 6.33 Å². The van der Waals surface area contributed by atoms with E-state index in [1.807, 2.05) is 0 Å². The minimum Gasteiger partial charge on any atom is -0.480 e. The molecule has 0 aliphatic carbocycles. The lowest BCUT2D eigenvalue weighted by Crippen LogP contribution is -2.57. The predicted molar refractivity (Wildman–Crippen MR) is 83.6 cm³/mol. The molecule has 22 heavy (non-hydrogen) atoms. The zero-order valence-electron chi connectivity index (χ0n) is 13.5. The average Bonchev–Trinajstić information content (AvgIpc) is 2.94. The van der Waals surface area contributed by atoms with Crippen molar-refractivity contribution in [3.05, 3.63) is 17.7 Å². The number of carboxylic acid groups (broad SMARTS) is 1. The third-order valence-electron chi connectivity index (χ3n) is 5.08. The summed E-state index contributed by atoms with van der Waals surface area (Å²) in [5.74, 6) is -0.747. The minimum absolute atomic E-state index is 0.00829. The second-order valence-corrected chi connectivity index (χ2v) is 7.15. The van der Waals surface area contributed by atoms with Crippen LogP contribution in [0.1, 0.15) is 44.5 Å². The Hall–Kier alpha value is -1.40. The number of nitrogens with zero attached hydrogens (tertiary/aromatic N) is 3. The van der Waals surface area contributed by atoms with Gasteiger partial charge in [0.2, 0.25) is 0 Å². The number of rotatable bonds is 4.